The van der Waals surface area contributed by atoms with Gasteiger partial charge in [-0.2, -0.15) is 0 Å². The molecule has 0 spiro atoms. The summed E-state index contributed by atoms with van der Waals surface area (Å²) in [7, 11) is 1.68. The maximum absolute atomic E-state index is 11.9. The van der Waals surface area contributed by atoms with Crippen molar-refractivity contribution in [3.05, 3.63) is 138 Å². The first-order chi connectivity index (χ1) is 21.5. The Morgan fingerprint density at radius 2 is 1.23 bits per heavy atom. The number of thioether (sulfide) groups is 2. The fourth-order valence-corrected chi connectivity index (χ4v) is 9.92. The number of benzene rings is 4. The summed E-state index contributed by atoms with van der Waals surface area (Å²) in [5, 5.41) is 11.9. The molecule has 1 fully saturated rings. The van der Waals surface area contributed by atoms with Gasteiger partial charge in [-0.3, -0.25) is 0 Å². The zero-order chi connectivity index (χ0) is 30.8. The molecule has 0 bridgehead atoms. The van der Waals surface area contributed by atoms with Crippen LogP contribution in [0.3, 0.4) is 0 Å². The summed E-state index contributed by atoms with van der Waals surface area (Å²) < 4.78 is 18.4. The highest BCUT2D eigenvalue weighted by Gasteiger charge is 2.47. The third-order valence-electron chi connectivity index (χ3n) is 8.65. The molecule has 0 saturated carbocycles. The van der Waals surface area contributed by atoms with E-state index in [9.17, 15) is 5.11 Å². The molecule has 44 heavy (non-hydrogen) atoms. The minimum Gasteiger partial charge on any atom is -0.497 e. The lowest BCUT2D eigenvalue weighted by atomic mass is 9.80. The summed E-state index contributed by atoms with van der Waals surface area (Å²) >= 11 is 3.96. The monoisotopic (exact) mass is 628 g/mol. The van der Waals surface area contributed by atoms with Crippen molar-refractivity contribution in [3.8, 4) is 5.75 Å². The minimum atomic E-state index is -0.864. The molecule has 232 valence electrons. The molecule has 1 heterocycles. The van der Waals surface area contributed by atoms with Gasteiger partial charge in [-0.25, -0.2) is 0 Å². The van der Waals surface area contributed by atoms with Gasteiger partial charge in [0.2, 0.25) is 0 Å². The first-order valence-electron chi connectivity index (χ1n) is 15.5. The topological polar surface area (TPSA) is 47.9 Å². The third kappa shape index (κ3) is 7.21. The molecule has 1 aliphatic rings. The first-order valence-corrected chi connectivity index (χ1v) is 17.4. The van der Waals surface area contributed by atoms with Crippen molar-refractivity contribution in [2.24, 2.45) is 11.8 Å². The van der Waals surface area contributed by atoms with E-state index >= 15 is 0 Å². The highest BCUT2D eigenvalue weighted by atomic mass is 32.2. The Balaban J connectivity index is 1.37. The third-order valence-corrected chi connectivity index (χ3v) is 12.8. The maximum Gasteiger partial charge on any atom is 0.143 e. The Bertz CT molecular complexity index is 1300. The minimum absolute atomic E-state index is 0.0302. The van der Waals surface area contributed by atoms with Crippen LogP contribution in [-0.4, -0.2) is 47.1 Å². The van der Waals surface area contributed by atoms with Crippen molar-refractivity contribution < 1.29 is 19.3 Å². The lowest BCUT2D eigenvalue weighted by Gasteiger charge is -2.47. The summed E-state index contributed by atoms with van der Waals surface area (Å²) in [4.78, 5) is 0. The predicted octanol–water partition coefficient (Wildman–Crippen LogP) is 8.42. The smallest absolute Gasteiger partial charge is 0.143 e. The van der Waals surface area contributed by atoms with Gasteiger partial charge in [-0.15, -0.1) is 23.5 Å². The van der Waals surface area contributed by atoms with Crippen molar-refractivity contribution in [2.75, 3.05) is 31.8 Å². The van der Waals surface area contributed by atoms with Crippen LogP contribution in [0.2, 0.25) is 0 Å². The van der Waals surface area contributed by atoms with Crippen LogP contribution in [0.15, 0.2) is 115 Å². The van der Waals surface area contributed by atoms with Crippen molar-refractivity contribution in [3.63, 3.8) is 0 Å². The number of methoxy groups -OCH3 is 1. The summed E-state index contributed by atoms with van der Waals surface area (Å²) in [6, 6.07) is 39.1. The van der Waals surface area contributed by atoms with E-state index in [-0.39, 0.29) is 22.5 Å². The molecule has 1 N–H and O–H groups in total. The van der Waals surface area contributed by atoms with E-state index in [1.165, 1.54) is 6.42 Å². The summed E-state index contributed by atoms with van der Waals surface area (Å²) in [6.45, 7) is 5.82. The average molecular weight is 629 g/mol. The normalized spacial score (nSPS) is 17.0. The Kier molecular flexibility index (Phi) is 11.5. The Morgan fingerprint density at radius 1 is 0.727 bits per heavy atom. The van der Waals surface area contributed by atoms with Gasteiger partial charge >= 0.3 is 0 Å². The number of ether oxygens (including phenoxy) is 3. The molecular formula is C38H44O4S2. The molecule has 0 unspecified atom stereocenters. The van der Waals surface area contributed by atoms with Crippen molar-refractivity contribution >= 4 is 23.5 Å². The van der Waals surface area contributed by atoms with Gasteiger partial charge in [-0.05, 0) is 52.3 Å². The van der Waals surface area contributed by atoms with Crippen LogP contribution in [0.4, 0.5) is 0 Å². The molecule has 5 rings (SSSR count). The van der Waals surface area contributed by atoms with E-state index in [0.717, 1.165) is 39.5 Å². The maximum atomic E-state index is 11.9. The second-order valence-electron chi connectivity index (χ2n) is 11.5. The quantitative estimate of drug-likeness (QED) is 0.142. The molecule has 4 aromatic rings. The molecule has 1 saturated heterocycles. The largest absolute Gasteiger partial charge is 0.497 e. The second-order valence-corrected chi connectivity index (χ2v) is 14.5. The first kappa shape index (κ1) is 32.6. The number of aliphatic hydroxyl groups is 1. The van der Waals surface area contributed by atoms with Gasteiger partial charge in [0.15, 0.2) is 0 Å². The summed E-state index contributed by atoms with van der Waals surface area (Å²) in [5.41, 5.74) is 3.37. The Morgan fingerprint density at radius 3 is 1.70 bits per heavy atom. The van der Waals surface area contributed by atoms with Gasteiger partial charge in [0, 0.05) is 11.8 Å². The van der Waals surface area contributed by atoms with E-state index in [1.807, 2.05) is 66.0 Å². The molecule has 4 aromatic carbocycles. The molecule has 0 radical (unpaired) electrons. The number of rotatable bonds is 14. The summed E-state index contributed by atoms with van der Waals surface area (Å²) in [6.07, 6.45) is 0.502. The fourth-order valence-electron chi connectivity index (χ4n) is 6.14. The highest BCUT2D eigenvalue weighted by Crippen LogP contribution is 2.54. The molecular weight excluding hydrogens is 585 g/mol. The van der Waals surface area contributed by atoms with E-state index in [1.54, 1.807) is 7.11 Å². The van der Waals surface area contributed by atoms with Crippen molar-refractivity contribution in [1.82, 2.24) is 0 Å². The van der Waals surface area contributed by atoms with Crippen LogP contribution in [0.5, 0.6) is 5.75 Å². The molecule has 0 aliphatic carbocycles. The zero-order valence-electron chi connectivity index (χ0n) is 25.9. The molecule has 3 atom stereocenters. The van der Waals surface area contributed by atoms with E-state index in [0.29, 0.717) is 13.2 Å². The van der Waals surface area contributed by atoms with Crippen molar-refractivity contribution in [2.45, 2.75) is 42.7 Å². The number of aliphatic hydroxyl groups excluding tert-OH is 1. The predicted molar refractivity (Wildman–Crippen MR) is 184 cm³/mol. The SMILES string of the molecule is COc1ccc(COC[C@H](C)C2([C@@H](C)[C@H](O)COC(c3ccccc3)(c3ccccc3)c3ccccc3)SCCCS2)cc1. The molecule has 0 aromatic heterocycles. The zero-order valence-corrected chi connectivity index (χ0v) is 27.6. The Hall–Kier alpha value is -2.74. The number of hydrogen-bond acceptors (Lipinski definition) is 6. The van der Waals surface area contributed by atoms with Crippen LogP contribution in [-0.2, 0) is 21.7 Å². The standard InChI is InChI=1S/C38H44O4S2/c1-29(26-41-27-31-20-22-35(40-3)23-21-31)38(43-24-13-25-44-38)30(2)36(39)28-42-37(32-14-7-4-8-15-32,33-16-9-5-10-17-33)34-18-11-6-12-19-34/h4-12,14-23,29-30,36,39H,13,24-28H2,1-3H3/t29-,30-,36+/m0/s1. The molecule has 0 amide bonds. The van der Waals surface area contributed by atoms with Crippen LogP contribution >= 0.6 is 23.5 Å². The van der Waals surface area contributed by atoms with Crippen molar-refractivity contribution in [1.29, 1.82) is 0 Å². The van der Waals surface area contributed by atoms with Gasteiger partial charge in [-0.1, -0.05) is 117 Å². The molecule has 4 nitrogen and oxygen atoms in total. The lowest BCUT2D eigenvalue weighted by Crippen LogP contribution is -2.48. The average Bonchev–Trinajstić information content (AvgIpc) is 3.10. The van der Waals surface area contributed by atoms with E-state index < -0.39 is 11.7 Å². The van der Waals surface area contributed by atoms with Crippen LogP contribution in [0.1, 0.15) is 42.5 Å². The van der Waals surface area contributed by atoms with Crippen LogP contribution in [0, 0.1) is 11.8 Å². The Labute approximate surface area is 271 Å². The number of hydrogen-bond donors (Lipinski definition) is 1. The summed E-state index contributed by atoms with van der Waals surface area (Å²) in [5.74, 6) is 3.20. The van der Waals surface area contributed by atoms with Gasteiger partial charge < -0.3 is 19.3 Å². The van der Waals surface area contributed by atoms with Gasteiger partial charge in [0.25, 0.3) is 0 Å². The van der Waals surface area contributed by atoms with Crippen LogP contribution in [0.25, 0.3) is 0 Å². The van der Waals surface area contributed by atoms with Crippen LogP contribution < -0.4 is 4.74 Å². The lowest BCUT2D eigenvalue weighted by molar-refractivity contribution is -0.0580. The van der Waals surface area contributed by atoms with Gasteiger partial charge in [0.05, 0.1) is 37.1 Å². The van der Waals surface area contributed by atoms with E-state index in [2.05, 4.69) is 86.6 Å². The second kappa shape index (κ2) is 15.5. The van der Waals surface area contributed by atoms with E-state index in [4.69, 9.17) is 14.2 Å². The van der Waals surface area contributed by atoms with Gasteiger partial charge in [0.1, 0.15) is 11.4 Å². The highest BCUT2D eigenvalue weighted by molar-refractivity contribution is 8.18. The molecule has 1 aliphatic heterocycles. The fraction of sp³-hybridized carbons (Fsp3) is 0.368. The molecule has 6 heteroatoms.